The topological polar surface area (TPSA) is 63.2 Å². The molecule has 1 N–H and O–H groups in total. The first kappa shape index (κ1) is 23.7. The van der Waals surface area contributed by atoms with Gasteiger partial charge in [-0.05, 0) is 56.5 Å². The standard InChI is InChI=1S/C27H29NO3S2/c1-19-11-15-21(16-12-19)27(28-33(30,31)23-17-13-20(2)14-18-23)26-24(29)9-6-10-25(26)32-22-7-4-3-5-8-22/h3-5,7-8,11-18,25-28H,6,9-10H2,1-2H3/t25-,26-,27-/m0/s1. The lowest BCUT2D eigenvalue weighted by molar-refractivity contribution is -0.125. The second-order valence-electron chi connectivity index (χ2n) is 8.68. The number of rotatable bonds is 7. The highest BCUT2D eigenvalue weighted by Crippen LogP contribution is 2.42. The summed E-state index contributed by atoms with van der Waals surface area (Å²) in [6.45, 7) is 3.92. The van der Waals surface area contributed by atoms with Crippen molar-refractivity contribution in [2.75, 3.05) is 0 Å². The van der Waals surface area contributed by atoms with E-state index in [0.29, 0.717) is 6.42 Å². The van der Waals surface area contributed by atoms with Crippen molar-refractivity contribution in [3.05, 3.63) is 95.6 Å². The van der Waals surface area contributed by atoms with Gasteiger partial charge in [-0.1, -0.05) is 65.7 Å². The van der Waals surface area contributed by atoms with Crippen LogP contribution in [-0.2, 0) is 14.8 Å². The number of benzene rings is 3. The van der Waals surface area contributed by atoms with Crippen molar-refractivity contribution in [2.45, 2.75) is 54.2 Å². The van der Waals surface area contributed by atoms with Gasteiger partial charge in [0.25, 0.3) is 0 Å². The molecule has 33 heavy (non-hydrogen) atoms. The Morgan fingerprint density at radius 2 is 1.48 bits per heavy atom. The zero-order valence-electron chi connectivity index (χ0n) is 18.9. The maximum absolute atomic E-state index is 13.4. The average Bonchev–Trinajstić information content (AvgIpc) is 2.80. The number of Topliss-reactive ketones (excluding diaryl/α,β-unsaturated/α-hetero) is 1. The zero-order chi connectivity index (χ0) is 23.4. The summed E-state index contributed by atoms with van der Waals surface area (Å²) in [7, 11) is -3.82. The number of nitrogens with one attached hydrogen (secondary N) is 1. The summed E-state index contributed by atoms with van der Waals surface area (Å²) >= 11 is 1.67. The molecule has 4 nitrogen and oxygen atoms in total. The van der Waals surface area contributed by atoms with Gasteiger partial charge in [-0.15, -0.1) is 11.8 Å². The predicted octanol–water partition coefficient (Wildman–Crippen LogP) is 5.85. The van der Waals surface area contributed by atoms with Crippen LogP contribution >= 0.6 is 11.8 Å². The van der Waals surface area contributed by atoms with E-state index in [1.807, 2.05) is 68.4 Å². The molecule has 0 bridgehead atoms. The molecule has 1 saturated carbocycles. The third kappa shape index (κ3) is 5.75. The Hall–Kier alpha value is -2.41. The highest BCUT2D eigenvalue weighted by Gasteiger charge is 2.41. The van der Waals surface area contributed by atoms with Crippen molar-refractivity contribution < 1.29 is 13.2 Å². The van der Waals surface area contributed by atoms with E-state index in [1.165, 1.54) is 0 Å². The van der Waals surface area contributed by atoms with Crippen LogP contribution in [0.3, 0.4) is 0 Å². The molecule has 0 radical (unpaired) electrons. The molecule has 1 aliphatic rings. The Kier molecular flexibility index (Phi) is 7.37. The number of aryl methyl sites for hydroxylation is 2. The minimum atomic E-state index is -3.82. The summed E-state index contributed by atoms with van der Waals surface area (Å²) in [4.78, 5) is 14.6. The maximum Gasteiger partial charge on any atom is 0.241 e. The van der Waals surface area contributed by atoms with Crippen molar-refractivity contribution in [1.29, 1.82) is 0 Å². The smallest absolute Gasteiger partial charge is 0.241 e. The monoisotopic (exact) mass is 479 g/mol. The fraction of sp³-hybridized carbons (Fsp3) is 0.296. The second kappa shape index (κ2) is 10.2. The summed E-state index contributed by atoms with van der Waals surface area (Å²) in [6, 6.07) is 24.0. The van der Waals surface area contributed by atoms with Crippen LogP contribution in [0.15, 0.2) is 88.7 Å². The Morgan fingerprint density at radius 3 is 2.12 bits per heavy atom. The summed E-state index contributed by atoms with van der Waals surface area (Å²) < 4.78 is 29.7. The van der Waals surface area contributed by atoms with Gasteiger partial charge in [0.2, 0.25) is 10.0 Å². The molecule has 3 aromatic rings. The number of carbonyl (C=O) groups excluding carboxylic acids is 1. The molecular formula is C27H29NO3S2. The quantitative estimate of drug-likeness (QED) is 0.461. The summed E-state index contributed by atoms with van der Waals surface area (Å²) in [5, 5.41) is -0.0133. The van der Waals surface area contributed by atoms with E-state index in [4.69, 9.17) is 0 Å². The molecule has 3 atom stereocenters. The summed E-state index contributed by atoms with van der Waals surface area (Å²) in [5.41, 5.74) is 2.89. The predicted molar refractivity (Wildman–Crippen MR) is 134 cm³/mol. The molecule has 0 aliphatic heterocycles. The van der Waals surface area contributed by atoms with Gasteiger partial charge in [0.1, 0.15) is 5.78 Å². The second-order valence-corrected chi connectivity index (χ2v) is 11.7. The van der Waals surface area contributed by atoms with Crippen LogP contribution in [0, 0.1) is 19.8 Å². The molecule has 0 amide bonds. The largest absolute Gasteiger partial charge is 0.299 e. The van der Waals surface area contributed by atoms with E-state index in [-0.39, 0.29) is 15.9 Å². The number of thioether (sulfide) groups is 1. The first-order chi connectivity index (χ1) is 15.8. The van der Waals surface area contributed by atoms with Gasteiger partial charge in [-0.3, -0.25) is 4.79 Å². The number of sulfonamides is 1. The van der Waals surface area contributed by atoms with Crippen molar-refractivity contribution in [1.82, 2.24) is 4.72 Å². The van der Waals surface area contributed by atoms with Crippen LogP contribution in [0.2, 0.25) is 0 Å². The Bertz CT molecular complexity index is 1190. The van der Waals surface area contributed by atoms with Crippen LogP contribution < -0.4 is 4.72 Å². The molecule has 3 aromatic carbocycles. The van der Waals surface area contributed by atoms with Gasteiger partial charge in [-0.2, -0.15) is 0 Å². The average molecular weight is 480 g/mol. The molecule has 0 heterocycles. The normalized spacial score (nSPS) is 19.9. The van der Waals surface area contributed by atoms with E-state index in [1.54, 1.807) is 36.0 Å². The Morgan fingerprint density at radius 1 is 0.879 bits per heavy atom. The first-order valence-electron chi connectivity index (χ1n) is 11.2. The molecule has 1 fully saturated rings. The molecule has 172 valence electrons. The maximum atomic E-state index is 13.4. The van der Waals surface area contributed by atoms with Gasteiger partial charge >= 0.3 is 0 Å². The van der Waals surface area contributed by atoms with Crippen molar-refractivity contribution >= 4 is 27.6 Å². The van der Waals surface area contributed by atoms with E-state index >= 15 is 0 Å². The minimum absolute atomic E-state index is 0.0133. The van der Waals surface area contributed by atoms with Crippen molar-refractivity contribution in [3.8, 4) is 0 Å². The third-order valence-electron chi connectivity index (χ3n) is 6.12. The lowest BCUT2D eigenvalue weighted by atomic mass is 9.80. The number of carbonyl (C=O) groups is 1. The van der Waals surface area contributed by atoms with E-state index < -0.39 is 22.0 Å². The van der Waals surface area contributed by atoms with Gasteiger partial charge in [-0.25, -0.2) is 13.1 Å². The highest BCUT2D eigenvalue weighted by atomic mass is 32.2. The van der Waals surface area contributed by atoms with Gasteiger partial charge in [0, 0.05) is 16.6 Å². The van der Waals surface area contributed by atoms with Crippen molar-refractivity contribution in [2.24, 2.45) is 5.92 Å². The molecule has 6 heteroatoms. The van der Waals surface area contributed by atoms with Crippen LogP contribution in [-0.4, -0.2) is 19.5 Å². The van der Waals surface area contributed by atoms with Gasteiger partial charge < -0.3 is 0 Å². The highest BCUT2D eigenvalue weighted by molar-refractivity contribution is 8.00. The third-order valence-corrected chi connectivity index (χ3v) is 8.96. The molecular weight excluding hydrogens is 450 g/mol. The van der Waals surface area contributed by atoms with E-state index in [9.17, 15) is 13.2 Å². The molecule has 0 aromatic heterocycles. The van der Waals surface area contributed by atoms with Crippen molar-refractivity contribution in [3.63, 3.8) is 0 Å². The minimum Gasteiger partial charge on any atom is -0.299 e. The van der Waals surface area contributed by atoms with Gasteiger partial charge in [0.15, 0.2) is 0 Å². The number of ketones is 1. The van der Waals surface area contributed by atoms with E-state index in [2.05, 4.69) is 4.72 Å². The SMILES string of the molecule is Cc1ccc([C@H](NS(=O)(=O)c2ccc(C)cc2)[C@H]2C(=O)CCC[C@@H]2Sc2ccccc2)cc1. The zero-order valence-corrected chi connectivity index (χ0v) is 20.5. The lowest BCUT2D eigenvalue weighted by Crippen LogP contribution is -2.43. The number of hydrogen-bond donors (Lipinski definition) is 1. The van der Waals surface area contributed by atoms with Crippen LogP contribution in [0.25, 0.3) is 0 Å². The lowest BCUT2D eigenvalue weighted by Gasteiger charge is -2.36. The van der Waals surface area contributed by atoms with Crippen LogP contribution in [0.1, 0.15) is 42.0 Å². The fourth-order valence-electron chi connectivity index (χ4n) is 4.31. The Balaban J connectivity index is 1.73. The first-order valence-corrected chi connectivity index (χ1v) is 13.6. The molecule has 1 aliphatic carbocycles. The van der Waals surface area contributed by atoms with E-state index in [0.717, 1.165) is 34.4 Å². The molecule has 0 unspecified atom stereocenters. The fourth-order valence-corrected chi connectivity index (χ4v) is 6.96. The van der Waals surface area contributed by atoms with Crippen LogP contribution in [0.5, 0.6) is 0 Å². The summed E-state index contributed by atoms with van der Waals surface area (Å²) in [6.07, 6.45) is 2.17. The molecule has 0 spiro atoms. The number of hydrogen-bond acceptors (Lipinski definition) is 4. The molecule has 0 saturated heterocycles. The Labute approximate surface area is 200 Å². The molecule has 4 rings (SSSR count). The summed E-state index contributed by atoms with van der Waals surface area (Å²) in [5.74, 6) is -0.334. The van der Waals surface area contributed by atoms with Crippen LogP contribution in [0.4, 0.5) is 0 Å². The van der Waals surface area contributed by atoms with Gasteiger partial charge in [0.05, 0.1) is 16.9 Å².